The molecule has 0 atom stereocenters. The summed E-state index contributed by atoms with van der Waals surface area (Å²) in [4.78, 5) is 25.3. The summed E-state index contributed by atoms with van der Waals surface area (Å²) < 4.78 is 0. The smallest absolute Gasteiger partial charge is 0.252 e. The summed E-state index contributed by atoms with van der Waals surface area (Å²) in [7, 11) is 0. The van der Waals surface area contributed by atoms with Gasteiger partial charge in [-0.25, -0.2) is 0 Å². The van der Waals surface area contributed by atoms with E-state index in [2.05, 4.69) is 10.3 Å². The van der Waals surface area contributed by atoms with Gasteiger partial charge in [-0.1, -0.05) is 19.3 Å². The Morgan fingerprint density at radius 3 is 2.63 bits per heavy atom. The van der Waals surface area contributed by atoms with Gasteiger partial charge in [-0.15, -0.1) is 0 Å². The maximum absolute atomic E-state index is 11.9. The molecule has 3 N–H and O–H groups in total. The fourth-order valence-electron chi connectivity index (χ4n) is 2.61. The first kappa shape index (κ1) is 13.8. The molecule has 19 heavy (non-hydrogen) atoms. The van der Waals surface area contributed by atoms with Gasteiger partial charge in [0, 0.05) is 24.2 Å². The summed E-state index contributed by atoms with van der Waals surface area (Å²) >= 11 is 0. The van der Waals surface area contributed by atoms with E-state index in [1.54, 1.807) is 0 Å². The molecule has 0 aliphatic heterocycles. The molecule has 5 nitrogen and oxygen atoms in total. The molecule has 0 radical (unpaired) electrons. The van der Waals surface area contributed by atoms with Crippen LogP contribution in [0.5, 0.6) is 0 Å². The second-order valence-electron chi connectivity index (χ2n) is 5.34. The fourth-order valence-corrected chi connectivity index (χ4v) is 2.61. The van der Waals surface area contributed by atoms with Gasteiger partial charge in [0.1, 0.15) is 0 Å². The Balaban J connectivity index is 1.95. The van der Waals surface area contributed by atoms with Crippen molar-refractivity contribution >= 4 is 5.91 Å². The van der Waals surface area contributed by atoms with Gasteiger partial charge in [0.05, 0.1) is 12.2 Å². The summed E-state index contributed by atoms with van der Waals surface area (Å²) in [6, 6.07) is 2.83. The molecule has 1 aromatic rings. The zero-order valence-corrected chi connectivity index (χ0v) is 10.9. The lowest BCUT2D eigenvalue weighted by molar-refractivity contribution is 0.0718. The summed E-state index contributed by atoms with van der Waals surface area (Å²) in [6.07, 6.45) is 6.73. The number of rotatable bonds is 4. The molecule has 1 fully saturated rings. The van der Waals surface area contributed by atoms with Crippen molar-refractivity contribution in [2.45, 2.75) is 32.1 Å². The van der Waals surface area contributed by atoms with E-state index in [-0.39, 0.29) is 23.5 Å². The van der Waals surface area contributed by atoms with Crippen LogP contribution in [-0.2, 0) is 0 Å². The molecule has 1 aliphatic carbocycles. The Morgan fingerprint density at radius 1 is 1.32 bits per heavy atom. The number of pyridine rings is 1. The number of aromatic nitrogens is 1. The minimum absolute atomic E-state index is 0.110. The number of hydrogen-bond donors (Lipinski definition) is 3. The summed E-state index contributed by atoms with van der Waals surface area (Å²) in [5, 5.41) is 12.4. The van der Waals surface area contributed by atoms with Crippen molar-refractivity contribution in [3.05, 3.63) is 34.2 Å². The average molecular weight is 264 g/mol. The zero-order valence-electron chi connectivity index (χ0n) is 10.9. The van der Waals surface area contributed by atoms with Crippen molar-refractivity contribution < 1.29 is 9.90 Å². The number of carbonyl (C=O) groups excluding carboxylic acids is 1. The van der Waals surface area contributed by atoms with Gasteiger partial charge >= 0.3 is 0 Å². The number of aromatic amines is 1. The Kier molecular flexibility index (Phi) is 4.37. The first-order chi connectivity index (χ1) is 9.15. The Bertz CT molecular complexity index is 469. The highest BCUT2D eigenvalue weighted by atomic mass is 16.3. The van der Waals surface area contributed by atoms with Crippen LogP contribution in [-0.4, -0.2) is 29.1 Å². The number of hydrogen-bond acceptors (Lipinski definition) is 3. The molecule has 5 heteroatoms. The Morgan fingerprint density at radius 2 is 2.05 bits per heavy atom. The van der Waals surface area contributed by atoms with E-state index in [0.717, 1.165) is 25.7 Å². The normalized spacial score (nSPS) is 17.9. The maximum atomic E-state index is 11.9. The van der Waals surface area contributed by atoms with E-state index in [4.69, 9.17) is 0 Å². The molecule has 1 amide bonds. The number of aliphatic hydroxyl groups is 1. The first-order valence-electron chi connectivity index (χ1n) is 6.73. The highest BCUT2D eigenvalue weighted by Gasteiger charge is 2.31. The molecule has 0 bridgehead atoms. The van der Waals surface area contributed by atoms with Crippen molar-refractivity contribution in [3.8, 4) is 0 Å². The summed E-state index contributed by atoms with van der Waals surface area (Å²) in [6.45, 7) is 0.598. The van der Waals surface area contributed by atoms with Gasteiger partial charge in [-0.2, -0.15) is 0 Å². The van der Waals surface area contributed by atoms with E-state index in [0.29, 0.717) is 12.1 Å². The first-order valence-corrected chi connectivity index (χ1v) is 6.73. The second-order valence-corrected chi connectivity index (χ2v) is 5.34. The molecule has 0 unspecified atom stereocenters. The predicted octanol–water partition coefficient (Wildman–Crippen LogP) is 1.05. The van der Waals surface area contributed by atoms with Gasteiger partial charge in [0.15, 0.2) is 0 Å². The van der Waals surface area contributed by atoms with Crippen LogP contribution in [0.15, 0.2) is 23.1 Å². The fraction of sp³-hybridized carbons (Fsp3) is 0.571. The van der Waals surface area contributed by atoms with E-state index >= 15 is 0 Å². The van der Waals surface area contributed by atoms with Gasteiger partial charge < -0.3 is 15.4 Å². The van der Waals surface area contributed by atoms with E-state index in [1.165, 1.54) is 24.8 Å². The second kappa shape index (κ2) is 6.02. The predicted molar refractivity (Wildman–Crippen MR) is 72.0 cm³/mol. The highest BCUT2D eigenvalue weighted by molar-refractivity contribution is 5.93. The lowest BCUT2D eigenvalue weighted by Gasteiger charge is -2.35. The van der Waals surface area contributed by atoms with Gasteiger partial charge in [0.25, 0.3) is 5.91 Å². The van der Waals surface area contributed by atoms with Crippen LogP contribution in [0.4, 0.5) is 0 Å². The van der Waals surface area contributed by atoms with Crippen molar-refractivity contribution in [3.63, 3.8) is 0 Å². The number of H-pyrrole nitrogens is 1. The minimum Gasteiger partial charge on any atom is -0.396 e. The molecule has 1 saturated carbocycles. The summed E-state index contributed by atoms with van der Waals surface area (Å²) in [5.74, 6) is -0.213. The largest absolute Gasteiger partial charge is 0.396 e. The topological polar surface area (TPSA) is 82.2 Å². The lowest BCUT2D eigenvalue weighted by Crippen LogP contribution is -2.41. The van der Waals surface area contributed by atoms with Crippen LogP contribution in [0, 0.1) is 5.41 Å². The number of amides is 1. The molecule has 0 aromatic carbocycles. The van der Waals surface area contributed by atoms with Crippen LogP contribution in [0.25, 0.3) is 0 Å². The SMILES string of the molecule is O=C(NCC1(CO)CCCCC1)c1ccc(=O)[nH]c1. The van der Waals surface area contributed by atoms with Gasteiger partial charge in [-0.05, 0) is 18.9 Å². The third-order valence-corrected chi connectivity index (χ3v) is 3.92. The number of carbonyl (C=O) groups is 1. The molecule has 1 aromatic heterocycles. The van der Waals surface area contributed by atoms with E-state index in [1.807, 2.05) is 0 Å². The molecule has 1 heterocycles. The molecule has 1 aliphatic rings. The highest BCUT2D eigenvalue weighted by Crippen LogP contribution is 2.35. The molecule has 104 valence electrons. The average Bonchev–Trinajstić information content (AvgIpc) is 2.46. The van der Waals surface area contributed by atoms with Gasteiger partial charge in [0.2, 0.25) is 5.56 Å². The molecule has 0 saturated heterocycles. The maximum Gasteiger partial charge on any atom is 0.252 e. The number of aliphatic hydroxyl groups excluding tert-OH is 1. The molecule has 2 rings (SSSR count). The van der Waals surface area contributed by atoms with Crippen molar-refractivity contribution in [2.75, 3.05) is 13.2 Å². The van der Waals surface area contributed by atoms with Crippen molar-refractivity contribution in [1.82, 2.24) is 10.3 Å². The summed E-state index contributed by atoms with van der Waals surface area (Å²) in [5.41, 5.74) is 0.0370. The molecular formula is C14H20N2O3. The van der Waals surface area contributed by atoms with Crippen LogP contribution < -0.4 is 10.9 Å². The van der Waals surface area contributed by atoms with Gasteiger partial charge in [-0.3, -0.25) is 9.59 Å². The quantitative estimate of drug-likeness (QED) is 0.760. The van der Waals surface area contributed by atoms with E-state index < -0.39 is 0 Å². The van der Waals surface area contributed by atoms with Crippen LogP contribution >= 0.6 is 0 Å². The van der Waals surface area contributed by atoms with Crippen LogP contribution in [0.3, 0.4) is 0 Å². The Labute approximate surface area is 112 Å². The standard InChI is InChI=1S/C14H20N2O3/c17-10-14(6-2-1-3-7-14)9-16-13(19)11-4-5-12(18)15-8-11/h4-5,8,17H,1-3,6-7,9-10H2,(H,15,18)(H,16,19). The van der Waals surface area contributed by atoms with Crippen LogP contribution in [0.1, 0.15) is 42.5 Å². The minimum atomic E-state index is -0.226. The third kappa shape index (κ3) is 3.44. The zero-order chi connectivity index (χ0) is 13.7. The monoisotopic (exact) mass is 264 g/mol. The third-order valence-electron chi connectivity index (χ3n) is 3.92. The molecule has 0 spiro atoms. The lowest BCUT2D eigenvalue weighted by atomic mass is 9.74. The van der Waals surface area contributed by atoms with E-state index in [9.17, 15) is 14.7 Å². The van der Waals surface area contributed by atoms with Crippen molar-refractivity contribution in [2.24, 2.45) is 5.41 Å². The number of nitrogens with one attached hydrogen (secondary N) is 2. The van der Waals surface area contributed by atoms with Crippen LogP contribution in [0.2, 0.25) is 0 Å². The molecular weight excluding hydrogens is 244 g/mol. The Hall–Kier alpha value is -1.62. The van der Waals surface area contributed by atoms with Crippen molar-refractivity contribution in [1.29, 1.82) is 0 Å².